The fourth-order valence-corrected chi connectivity index (χ4v) is 2.94. The van der Waals surface area contributed by atoms with Crippen molar-refractivity contribution in [3.8, 4) is 5.75 Å². The highest BCUT2D eigenvalue weighted by atomic mass is 35.5. The van der Waals surface area contributed by atoms with Crippen LogP contribution in [0.3, 0.4) is 0 Å². The first-order valence-corrected chi connectivity index (χ1v) is 9.74. The first-order valence-electron chi connectivity index (χ1n) is 8.96. The number of hydrogen-bond donors (Lipinski definition) is 3. The molecule has 0 atom stereocenters. The standard InChI is InChI=1S/C22H18ClN3O3S/c23-18-10-4-2-7-16(18)12-13-20(27)24-22(30)26-25-21(28)14-29-19-11-5-8-15-6-1-3-9-17(15)19/h1-13H,14H2,(H,25,28)(H2,24,26,27,30). The lowest BCUT2D eigenvalue weighted by molar-refractivity contribution is -0.123. The molecule has 8 heteroatoms. The summed E-state index contributed by atoms with van der Waals surface area (Å²) in [7, 11) is 0. The number of benzene rings is 3. The van der Waals surface area contributed by atoms with Crippen LogP contribution < -0.4 is 20.9 Å². The first-order chi connectivity index (χ1) is 14.5. The molecule has 0 saturated heterocycles. The predicted octanol–water partition coefficient (Wildman–Crippen LogP) is 3.61. The third kappa shape index (κ3) is 6.04. The van der Waals surface area contributed by atoms with E-state index >= 15 is 0 Å². The lowest BCUT2D eigenvalue weighted by Gasteiger charge is -2.11. The summed E-state index contributed by atoms with van der Waals surface area (Å²) in [4.78, 5) is 23.9. The summed E-state index contributed by atoms with van der Waals surface area (Å²) in [5, 5.41) is 4.82. The van der Waals surface area contributed by atoms with Crippen molar-refractivity contribution in [2.45, 2.75) is 0 Å². The van der Waals surface area contributed by atoms with Crippen LogP contribution in [0.5, 0.6) is 5.75 Å². The Morgan fingerprint density at radius 1 is 0.967 bits per heavy atom. The van der Waals surface area contributed by atoms with Gasteiger partial charge in [0.1, 0.15) is 5.75 Å². The molecule has 0 bridgehead atoms. The van der Waals surface area contributed by atoms with E-state index in [0.717, 1.165) is 10.8 Å². The molecule has 0 fully saturated rings. The second kappa shape index (κ2) is 10.4. The summed E-state index contributed by atoms with van der Waals surface area (Å²) in [6.45, 7) is -0.218. The molecule has 30 heavy (non-hydrogen) atoms. The maximum absolute atomic E-state index is 12.0. The van der Waals surface area contributed by atoms with Crippen molar-refractivity contribution in [3.63, 3.8) is 0 Å². The van der Waals surface area contributed by atoms with Crippen molar-refractivity contribution >= 4 is 57.6 Å². The summed E-state index contributed by atoms with van der Waals surface area (Å²) in [6.07, 6.45) is 2.86. The topological polar surface area (TPSA) is 79.5 Å². The SMILES string of the molecule is O=C(C=Cc1ccccc1Cl)NC(=S)NNC(=O)COc1cccc2ccccc12. The molecule has 0 aromatic heterocycles. The van der Waals surface area contributed by atoms with E-state index in [1.807, 2.05) is 42.5 Å². The fourth-order valence-electron chi connectivity index (χ4n) is 2.59. The normalized spacial score (nSPS) is 10.6. The highest BCUT2D eigenvalue weighted by Gasteiger charge is 2.07. The average Bonchev–Trinajstić information content (AvgIpc) is 2.75. The minimum absolute atomic E-state index is 0.0534. The average molecular weight is 440 g/mol. The maximum Gasteiger partial charge on any atom is 0.276 e. The van der Waals surface area contributed by atoms with Crippen molar-refractivity contribution in [1.82, 2.24) is 16.2 Å². The maximum atomic E-state index is 12.0. The van der Waals surface area contributed by atoms with E-state index in [4.69, 9.17) is 28.6 Å². The van der Waals surface area contributed by atoms with E-state index in [1.165, 1.54) is 6.08 Å². The highest BCUT2D eigenvalue weighted by molar-refractivity contribution is 7.80. The molecule has 0 spiro atoms. The van der Waals surface area contributed by atoms with Gasteiger partial charge in [0, 0.05) is 16.5 Å². The molecule has 0 heterocycles. The number of hydrazine groups is 1. The van der Waals surface area contributed by atoms with Gasteiger partial charge in [0.15, 0.2) is 11.7 Å². The van der Waals surface area contributed by atoms with Gasteiger partial charge in [-0.15, -0.1) is 0 Å². The molecule has 0 aliphatic carbocycles. The number of amides is 2. The van der Waals surface area contributed by atoms with E-state index in [0.29, 0.717) is 16.3 Å². The van der Waals surface area contributed by atoms with E-state index in [-0.39, 0.29) is 11.7 Å². The largest absolute Gasteiger partial charge is 0.483 e. The van der Waals surface area contributed by atoms with E-state index in [1.54, 1.807) is 30.3 Å². The Morgan fingerprint density at radius 3 is 2.53 bits per heavy atom. The van der Waals surface area contributed by atoms with Gasteiger partial charge in [0.2, 0.25) is 5.91 Å². The third-order valence-corrected chi connectivity index (χ3v) is 4.53. The minimum atomic E-state index is -0.464. The fraction of sp³-hybridized carbons (Fsp3) is 0.0455. The molecular weight excluding hydrogens is 422 g/mol. The Kier molecular flexibility index (Phi) is 7.37. The zero-order chi connectivity index (χ0) is 21.3. The number of fused-ring (bicyclic) bond motifs is 1. The zero-order valence-electron chi connectivity index (χ0n) is 15.7. The number of thiocarbonyl (C=S) groups is 1. The third-order valence-electron chi connectivity index (χ3n) is 3.98. The molecule has 2 amide bonds. The van der Waals surface area contributed by atoms with Crippen molar-refractivity contribution in [2.24, 2.45) is 0 Å². The van der Waals surface area contributed by atoms with Crippen LogP contribution in [-0.4, -0.2) is 23.5 Å². The molecule has 0 aliphatic heterocycles. The Bertz CT molecular complexity index is 1110. The number of rotatable bonds is 5. The van der Waals surface area contributed by atoms with Crippen LogP contribution in [0.2, 0.25) is 5.02 Å². The molecule has 0 radical (unpaired) electrons. The van der Waals surface area contributed by atoms with E-state index < -0.39 is 11.8 Å². The van der Waals surface area contributed by atoms with Crippen molar-refractivity contribution < 1.29 is 14.3 Å². The number of carbonyl (C=O) groups is 2. The molecule has 0 saturated carbocycles. The molecule has 6 nitrogen and oxygen atoms in total. The summed E-state index contributed by atoms with van der Waals surface area (Å²) in [5.41, 5.74) is 5.53. The number of ether oxygens (including phenoxy) is 1. The number of carbonyl (C=O) groups excluding carboxylic acids is 2. The van der Waals surface area contributed by atoms with Crippen LogP contribution in [0.15, 0.2) is 72.8 Å². The lowest BCUT2D eigenvalue weighted by Crippen LogP contribution is -2.49. The van der Waals surface area contributed by atoms with Gasteiger partial charge in [0.25, 0.3) is 5.91 Å². The Morgan fingerprint density at radius 2 is 1.70 bits per heavy atom. The first kappa shape index (κ1) is 21.3. The van der Waals surface area contributed by atoms with Gasteiger partial charge in [-0.25, -0.2) is 0 Å². The van der Waals surface area contributed by atoms with E-state index in [9.17, 15) is 9.59 Å². The minimum Gasteiger partial charge on any atom is -0.483 e. The van der Waals surface area contributed by atoms with Gasteiger partial charge in [-0.3, -0.25) is 25.8 Å². The molecule has 3 aromatic rings. The summed E-state index contributed by atoms with van der Waals surface area (Å²) < 4.78 is 5.59. The van der Waals surface area contributed by atoms with Gasteiger partial charge >= 0.3 is 0 Å². The summed E-state index contributed by atoms with van der Waals surface area (Å²) >= 11 is 11.0. The quantitative estimate of drug-likeness (QED) is 0.321. The van der Waals surface area contributed by atoms with Gasteiger partial charge in [-0.2, -0.15) is 0 Å². The Labute approximate surface area is 183 Å². The van der Waals surface area contributed by atoms with Gasteiger partial charge in [-0.05, 0) is 41.4 Å². The molecule has 0 aliphatic rings. The zero-order valence-corrected chi connectivity index (χ0v) is 17.3. The van der Waals surface area contributed by atoms with Crippen LogP contribution in [0.4, 0.5) is 0 Å². The van der Waals surface area contributed by atoms with Crippen molar-refractivity contribution in [1.29, 1.82) is 0 Å². The Balaban J connectivity index is 1.43. The predicted molar refractivity (Wildman–Crippen MR) is 122 cm³/mol. The molecule has 3 rings (SSSR count). The molecule has 3 N–H and O–H groups in total. The molecule has 3 aromatic carbocycles. The van der Waals surface area contributed by atoms with Gasteiger partial charge in [0.05, 0.1) is 0 Å². The second-order valence-corrected chi connectivity index (χ2v) is 6.93. The smallest absolute Gasteiger partial charge is 0.276 e. The summed E-state index contributed by atoms with van der Waals surface area (Å²) in [5.74, 6) is -0.316. The number of nitrogens with one attached hydrogen (secondary N) is 3. The van der Waals surface area contributed by atoms with Gasteiger partial charge < -0.3 is 4.74 Å². The highest BCUT2D eigenvalue weighted by Crippen LogP contribution is 2.24. The molecule has 152 valence electrons. The molecular formula is C22H18ClN3O3S. The van der Waals surface area contributed by atoms with Crippen LogP contribution in [0.25, 0.3) is 16.8 Å². The monoisotopic (exact) mass is 439 g/mol. The van der Waals surface area contributed by atoms with Crippen LogP contribution in [0.1, 0.15) is 5.56 Å². The molecule has 0 unspecified atom stereocenters. The summed E-state index contributed by atoms with van der Waals surface area (Å²) in [6, 6.07) is 20.4. The number of halogens is 1. The van der Waals surface area contributed by atoms with Crippen molar-refractivity contribution in [3.05, 3.63) is 83.4 Å². The second-order valence-electron chi connectivity index (χ2n) is 6.11. The van der Waals surface area contributed by atoms with Crippen LogP contribution >= 0.6 is 23.8 Å². The van der Waals surface area contributed by atoms with Crippen LogP contribution in [0, 0.1) is 0 Å². The Hall–Kier alpha value is -3.42. The van der Waals surface area contributed by atoms with Gasteiger partial charge in [-0.1, -0.05) is 66.2 Å². The number of hydrogen-bond acceptors (Lipinski definition) is 4. The lowest BCUT2D eigenvalue weighted by atomic mass is 10.1. The van der Waals surface area contributed by atoms with Crippen molar-refractivity contribution in [2.75, 3.05) is 6.61 Å². The van der Waals surface area contributed by atoms with Crippen LogP contribution in [-0.2, 0) is 9.59 Å². The van der Waals surface area contributed by atoms with E-state index in [2.05, 4.69) is 16.2 Å².